The van der Waals surface area contributed by atoms with Gasteiger partial charge in [-0.2, -0.15) is 0 Å². The molecule has 7 rings (SSSR count). The van der Waals surface area contributed by atoms with Crippen molar-refractivity contribution in [1.29, 1.82) is 0 Å². The number of nitrogens with zero attached hydrogens (tertiary/aromatic N) is 4. The van der Waals surface area contributed by atoms with E-state index in [2.05, 4.69) is 15.1 Å². The van der Waals surface area contributed by atoms with Crippen LogP contribution in [0.5, 0.6) is 0 Å². The van der Waals surface area contributed by atoms with Crippen LogP contribution in [0.15, 0.2) is 58.6 Å². The Morgan fingerprint density at radius 3 is 2.47 bits per heavy atom. The van der Waals surface area contributed by atoms with Crippen LogP contribution in [0.25, 0.3) is 0 Å². The van der Waals surface area contributed by atoms with Crippen LogP contribution in [0.3, 0.4) is 0 Å². The summed E-state index contributed by atoms with van der Waals surface area (Å²) in [6.45, 7) is 1.07. The molecule has 4 aliphatic carbocycles. The Morgan fingerprint density at radius 2 is 1.82 bits per heavy atom. The molecule has 0 atom stereocenters. The SMILES string of the molecule is O=C(CSc1nncn1Cc1ccco1)N(Cc1ccc(F)cc1)C12CC3CC(CC(C3)C1)C2. The van der Waals surface area contributed by atoms with Crippen molar-refractivity contribution in [2.24, 2.45) is 17.8 Å². The molecule has 1 amide bonds. The maximum Gasteiger partial charge on any atom is 0.233 e. The third-order valence-corrected chi connectivity index (χ3v) is 8.91. The molecule has 178 valence electrons. The molecule has 0 saturated heterocycles. The van der Waals surface area contributed by atoms with Crippen LogP contribution in [-0.4, -0.2) is 36.9 Å². The quantitative estimate of drug-likeness (QED) is 0.417. The van der Waals surface area contributed by atoms with Crippen molar-refractivity contribution < 1.29 is 13.6 Å². The van der Waals surface area contributed by atoms with Crippen LogP contribution in [0.2, 0.25) is 0 Å². The van der Waals surface area contributed by atoms with Crippen LogP contribution in [0.4, 0.5) is 4.39 Å². The summed E-state index contributed by atoms with van der Waals surface area (Å²) in [6.07, 6.45) is 10.6. The fourth-order valence-electron chi connectivity index (χ4n) is 6.93. The number of carbonyl (C=O) groups excluding carboxylic acids is 1. The minimum atomic E-state index is -0.247. The fourth-order valence-corrected chi connectivity index (χ4v) is 7.72. The first-order chi connectivity index (χ1) is 16.6. The van der Waals surface area contributed by atoms with Crippen molar-refractivity contribution in [2.75, 3.05) is 5.75 Å². The highest BCUT2D eigenvalue weighted by atomic mass is 32.2. The van der Waals surface area contributed by atoms with Gasteiger partial charge in [0.25, 0.3) is 0 Å². The summed E-state index contributed by atoms with van der Waals surface area (Å²) < 4.78 is 20.9. The highest BCUT2D eigenvalue weighted by Crippen LogP contribution is 2.58. The van der Waals surface area contributed by atoms with Crippen molar-refractivity contribution in [3.8, 4) is 0 Å². The fraction of sp³-hybridized carbons (Fsp3) is 0.500. The lowest BCUT2D eigenvalue weighted by molar-refractivity contribution is -0.149. The minimum absolute atomic E-state index is 0.0668. The summed E-state index contributed by atoms with van der Waals surface area (Å²) in [4.78, 5) is 16.0. The smallest absolute Gasteiger partial charge is 0.233 e. The number of thioether (sulfide) groups is 1. The topological polar surface area (TPSA) is 64.2 Å². The molecule has 4 saturated carbocycles. The molecular weight excluding hydrogens is 451 g/mol. The maximum absolute atomic E-state index is 13.8. The first-order valence-electron chi connectivity index (χ1n) is 12.1. The first kappa shape index (κ1) is 21.9. The number of rotatable bonds is 8. The van der Waals surface area contributed by atoms with E-state index in [0.29, 0.717) is 24.0 Å². The van der Waals surface area contributed by atoms with Crippen molar-refractivity contribution in [1.82, 2.24) is 19.7 Å². The molecule has 1 aromatic carbocycles. The molecule has 0 radical (unpaired) electrons. The van der Waals surface area contributed by atoms with E-state index in [-0.39, 0.29) is 17.3 Å². The first-order valence-corrected chi connectivity index (χ1v) is 13.1. The zero-order chi connectivity index (χ0) is 23.1. The molecule has 6 nitrogen and oxygen atoms in total. The number of amides is 1. The molecule has 0 unspecified atom stereocenters. The third-order valence-electron chi connectivity index (χ3n) is 7.94. The highest BCUT2D eigenvalue weighted by molar-refractivity contribution is 7.99. The predicted molar refractivity (Wildman–Crippen MR) is 126 cm³/mol. The van der Waals surface area contributed by atoms with Gasteiger partial charge in [-0.15, -0.1) is 10.2 Å². The second-order valence-electron chi connectivity index (χ2n) is 10.4. The van der Waals surface area contributed by atoms with Crippen molar-refractivity contribution >= 4 is 17.7 Å². The zero-order valence-corrected chi connectivity index (χ0v) is 19.9. The van der Waals surface area contributed by atoms with Crippen LogP contribution < -0.4 is 0 Å². The number of aromatic nitrogens is 3. The Balaban J connectivity index is 1.22. The Bertz CT molecular complexity index is 1110. The normalized spacial score (nSPS) is 27.3. The van der Waals surface area contributed by atoms with E-state index in [4.69, 9.17) is 4.42 Å². The summed E-state index contributed by atoms with van der Waals surface area (Å²) >= 11 is 1.43. The summed E-state index contributed by atoms with van der Waals surface area (Å²) in [5.41, 5.74) is 0.916. The van der Waals surface area contributed by atoms with Gasteiger partial charge in [0.05, 0.1) is 18.6 Å². The predicted octanol–water partition coefficient (Wildman–Crippen LogP) is 5.15. The van der Waals surface area contributed by atoms with Gasteiger partial charge in [-0.3, -0.25) is 4.79 Å². The average molecular weight is 481 g/mol. The van der Waals surface area contributed by atoms with Crippen LogP contribution in [0, 0.1) is 23.6 Å². The molecule has 4 fully saturated rings. The van der Waals surface area contributed by atoms with E-state index in [1.807, 2.05) is 28.8 Å². The van der Waals surface area contributed by atoms with Crippen molar-refractivity contribution in [2.45, 2.75) is 62.3 Å². The molecule has 0 aliphatic heterocycles. The number of carbonyl (C=O) groups is 1. The largest absolute Gasteiger partial charge is 0.467 e. The van der Waals surface area contributed by atoms with Crippen LogP contribution in [0.1, 0.15) is 49.8 Å². The summed E-state index contributed by atoms with van der Waals surface area (Å²) in [5.74, 6) is 3.21. The lowest BCUT2D eigenvalue weighted by Crippen LogP contribution is -2.61. The van der Waals surface area contributed by atoms with Gasteiger partial charge >= 0.3 is 0 Å². The van der Waals surface area contributed by atoms with Gasteiger partial charge in [-0.1, -0.05) is 23.9 Å². The third kappa shape index (κ3) is 4.28. The lowest BCUT2D eigenvalue weighted by Gasteiger charge is -2.60. The number of halogens is 1. The van der Waals surface area contributed by atoms with Crippen LogP contribution in [-0.2, 0) is 17.9 Å². The van der Waals surface area contributed by atoms with Crippen molar-refractivity contribution in [3.05, 3.63) is 66.1 Å². The standard InChI is InChI=1S/C26H29FN4O2S/c27-22-5-3-18(4-6-22)14-31(26-11-19-8-20(12-26)10-21(9-19)13-26)24(32)16-34-25-29-28-17-30(25)15-23-2-1-7-33-23/h1-7,17,19-21H,8-16H2. The van der Waals surface area contributed by atoms with Gasteiger partial charge in [-0.25, -0.2) is 4.39 Å². The number of furan rings is 1. The number of hydrogen-bond donors (Lipinski definition) is 0. The molecule has 2 heterocycles. The minimum Gasteiger partial charge on any atom is -0.467 e. The Morgan fingerprint density at radius 1 is 1.12 bits per heavy atom. The van der Waals surface area contributed by atoms with Gasteiger partial charge in [0.2, 0.25) is 5.91 Å². The van der Waals surface area contributed by atoms with E-state index in [1.54, 1.807) is 12.6 Å². The highest BCUT2D eigenvalue weighted by Gasteiger charge is 2.54. The van der Waals surface area contributed by atoms with Gasteiger partial charge in [0.15, 0.2) is 5.16 Å². The second kappa shape index (κ2) is 8.87. The average Bonchev–Trinajstić information content (AvgIpc) is 3.48. The van der Waals surface area contributed by atoms with Gasteiger partial charge in [-0.05, 0) is 86.1 Å². The Labute approximate surface area is 202 Å². The number of benzene rings is 1. The lowest BCUT2D eigenvalue weighted by atomic mass is 9.52. The van der Waals surface area contributed by atoms with E-state index < -0.39 is 0 Å². The molecule has 4 aliphatic rings. The van der Waals surface area contributed by atoms with Crippen LogP contribution >= 0.6 is 11.8 Å². The molecule has 4 bridgehead atoms. The van der Waals surface area contributed by atoms with Gasteiger partial charge in [0.1, 0.15) is 17.9 Å². The maximum atomic E-state index is 13.8. The monoisotopic (exact) mass is 480 g/mol. The van der Waals surface area contributed by atoms with E-state index >= 15 is 0 Å². The number of hydrogen-bond acceptors (Lipinski definition) is 5. The van der Waals surface area contributed by atoms with Gasteiger partial charge in [0, 0.05) is 12.1 Å². The summed E-state index contributed by atoms with van der Waals surface area (Å²) in [7, 11) is 0. The Kier molecular flexibility index (Phi) is 5.71. The molecule has 0 N–H and O–H groups in total. The van der Waals surface area contributed by atoms with E-state index in [1.165, 1.54) is 43.2 Å². The molecule has 2 aromatic heterocycles. The van der Waals surface area contributed by atoms with E-state index in [9.17, 15) is 9.18 Å². The van der Waals surface area contributed by atoms with E-state index in [0.717, 1.165) is 48.3 Å². The summed E-state index contributed by atoms with van der Waals surface area (Å²) in [5, 5.41) is 8.99. The molecule has 3 aromatic rings. The second-order valence-corrected chi connectivity index (χ2v) is 11.3. The molecule has 8 heteroatoms. The molecule has 0 spiro atoms. The Hall–Kier alpha value is -2.61. The van der Waals surface area contributed by atoms with Crippen molar-refractivity contribution in [3.63, 3.8) is 0 Å². The van der Waals surface area contributed by atoms with Gasteiger partial charge < -0.3 is 13.9 Å². The molecule has 34 heavy (non-hydrogen) atoms. The molecular formula is C26H29FN4O2S. The summed E-state index contributed by atoms with van der Waals surface area (Å²) in [6, 6.07) is 10.4. The zero-order valence-electron chi connectivity index (χ0n) is 19.1.